The number of halogens is 3. The normalized spacial score (nSPS) is 16.3. The number of nitrogens with one attached hydrogen (secondary N) is 1. The summed E-state index contributed by atoms with van der Waals surface area (Å²) in [7, 11) is 4.21. The lowest BCUT2D eigenvalue weighted by Crippen LogP contribution is -2.42. The molecule has 0 unspecified atom stereocenters. The number of ether oxygens (including phenoxy) is 3. The van der Waals surface area contributed by atoms with Crippen molar-refractivity contribution in [2.24, 2.45) is 0 Å². The van der Waals surface area contributed by atoms with Crippen LogP contribution in [0.4, 0.5) is 29.5 Å². The molecule has 0 radical (unpaired) electrons. The second-order valence-corrected chi connectivity index (χ2v) is 9.61. The van der Waals surface area contributed by atoms with Crippen molar-refractivity contribution in [3.8, 4) is 22.8 Å². The van der Waals surface area contributed by atoms with Crippen LogP contribution in [0.1, 0.15) is 12.8 Å². The highest BCUT2D eigenvalue weighted by molar-refractivity contribution is 6.01. The third-order valence-electron chi connectivity index (χ3n) is 6.85. The maximum absolute atomic E-state index is 12.4. The highest BCUT2D eigenvalue weighted by Crippen LogP contribution is 2.47. The smallest absolute Gasteiger partial charge is 0.422 e. The van der Waals surface area contributed by atoms with Gasteiger partial charge in [-0.05, 0) is 52.2 Å². The number of likely N-dealkylation sites (tertiary alicyclic amines) is 1. The number of rotatable bonds is 7. The topological polar surface area (TPSA) is 133 Å². The van der Waals surface area contributed by atoms with Gasteiger partial charge < -0.3 is 29.7 Å². The van der Waals surface area contributed by atoms with Gasteiger partial charge in [0, 0.05) is 18.2 Å². The first-order valence-electron chi connectivity index (χ1n) is 12.4. The molecule has 210 valence electrons. The Kier molecular flexibility index (Phi) is 7.36. The van der Waals surface area contributed by atoms with E-state index in [4.69, 9.17) is 20.3 Å². The molecular weight excluding hydrogens is 521 g/mol. The molecule has 39 heavy (non-hydrogen) atoms. The minimum Gasteiger partial charge on any atom is -0.453 e. The molecule has 0 saturated carbocycles. The summed E-state index contributed by atoms with van der Waals surface area (Å²) in [6, 6.07) is 3.66. The quantitative estimate of drug-likeness (QED) is 0.452. The summed E-state index contributed by atoms with van der Waals surface area (Å²) < 4.78 is 54.4. The van der Waals surface area contributed by atoms with E-state index in [0.29, 0.717) is 34.9 Å². The van der Waals surface area contributed by atoms with Crippen molar-refractivity contribution in [2.75, 3.05) is 58.2 Å². The molecule has 5 rings (SSSR count). The zero-order chi connectivity index (χ0) is 27.7. The predicted molar refractivity (Wildman–Crippen MR) is 135 cm³/mol. The SMILES string of the molecule is CN(C)C1CCN(CCn2nc(-c3ccc(NC(=O)OCC(F)(F)F)c4c3OCO4)c3c(N)ncnc32)CC1. The van der Waals surface area contributed by atoms with Gasteiger partial charge in [0.1, 0.15) is 17.8 Å². The van der Waals surface area contributed by atoms with Crippen LogP contribution < -0.4 is 20.5 Å². The largest absolute Gasteiger partial charge is 0.453 e. The van der Waals surface area contributed by atoms with Crippen LogP contribution in [0.15, 0.2) is 18.5 Å². The Balaban J connectivity index is 1.40. The van der Waals surface area contributed by atoms with E-state index in [1.165, 1.54) is 12.4 Å². The first-order valence-corrected chi connectivity index (χ1v) is 12.4. The lowest BCUT2D eigenvalue weighted by Gasteiger charge is -2.35. The number of carbonyl (C=O) groups excluding carboxylic acids is 1. The molecule has 0 atom stereocenters. The van der Waals surface area contributed by atoms with Crippen molar-refractivity contribution in [1.82, 2.24) is 29.5 Å². The van der Waals surface area contributed by atoms with Crippen LogP contribution in [0.3, 0.4) is 0 Å². The number of benzene rings is 1. The molecule has 0 aliphatic carbocycles. The van der Waals surface area contributed by atoms with Crippen molar-refractivity contribution >= 4 is 28.6 Å². The number of piperidine rings is 1. The third-order valence-corrected chi connectivity index (χ3v) is 6.85. The maximum Gasteiger partial charge on any atom is 0.422 e. The second-order valence-electron chi connectivity index (χ2n) is 9.61. The van der Waals surface area contributed by atoms with Gasteiger partial charge in [-0.3, -0.25) is 5.32 Å². The zero-order valence-electron chi connectivity index (χ0n) is 21.5. The summed E-state index contributed by atoms with van der Waals surface area (Å²) >= 11 is 0. The minimum atomic E-state index is -4.65. The number of hydrogen-bond acceptors (Lipinski definition) is 10. The van der Waals surface area contributed by atoms with Crippen molar-refractivity contribution in [2.45, 2.75) is 31.6 Å². The van der Waals surface area contributed by atoms with E-state index in [1.54, 1.807) is 10.7 Å². The fourth-order valence-electron chi connectivity index (χ4n) is 4.85. The summed E-state index contributed by atoms with van der Waals surface area (Å²) in [5.74, 6) is 0.626. The van der Waals surface area contributed by atoms with Gasteiger partial charge in [-0.1, -0.05) is 0 Å². The van der Waals surface area contributed by atoms with Crippen LogP contribution in [0.25, 0.3) is 22.3 Å². The molecule has 1 saturated heterocycles. The number of fused-ring (bicyclic) bond motifs is 2. The lowest BCUT2D eigenvalue weighted by molar-refractivity contribution is -0.159. The molecule has 0 bridgehead atoms. The molecule has 1 fully saturated rings. The Bertz CT molecular complexity index is 1360. The van der Waals surface area contributed by atoms with Gasteiger partial charge in [-0.25, -0.2) is 19.4 Å². The molecule has 12 nitrogen and oxygen atoms in total. The van der Waals surface area contributed by atoms with Gasteiger partial charge in [-0.15, -0.1) is 0 Å². The Morgan fingerprint density at radius 2 is 1.92 bits per heavy atom. The number of anilines is 2. The second kappa shape index (κ2) is 10.7. The molecule has 1 amide bonds. The molecule has 3 aromatic rings. The van der Waals surface area contributed by atoms with Gasteiger partial charge in [0.2, 0.25) is 6.79 Å². The van der Waals surface area contributed by atoms with Crippen molar-refractivity contribution in [1.29, 1.82) is 0 Å². The van der Waals surface area contributed by atoms with Crippen molar-refractivity contribution in [3.63, 3.8) is 0 Å². The predicted octanol–water partition coefficient (Wildman–Crippen LogP) is 2.94. The molecule has 4 heterocycles. The Morgan fingerprint density at radius 3 is 2.64 bits per heavy atom. The Labute approximate surface area is 221 Å². The number of nitrogens with two attached hydrogens (primary N) is 1. The van der Waals surface area contributed by atoms with Crippen LogP contribution in [0.2, 0.25) is 0 Å². The summed E-state index contributed by atoms with van der Waals surface area (Å²) in [4.78, 5) is 25.1. The van der Waals surface area contributed by atoms with E-state index in [1.807, 2.05) is 0 Å². The molecule has 2 aromatic heterocycles. The number of alkyl halides is 3. The van der Waals surface area contributed by atoms with Crippen molar-refractivity contribution in [3.05, 3.63) is 18.5 Å². The highest BCUT2D eigenvalue weighted by Gasteiger charge is 2.31. The van der Waals surface area contributed by atoms with E-state index in [-0.39, 0.29) is 29.8 Å². The van der Waals surface area contributed by atoms with Crippen molar-refractivity contribution < 1.29 is 32.2 Å². The molecule has 0 spiro atoms. The summed E-state index contributed by atoms with van der Waals surface area (Å²) in [6.07, 6.45) is -2.35. The van der Waals surface area contributed by atoms with E-state index in [2.05, 4.69) is 43.9 Å². The third kappa shape index (κ3) is 5.78. The Hall–Kier alpha value is -3.85. The van der Waals surface area contributed by atoms with Gasteiger partial charge in [0.05, 0.1) is 17.6 Å². The summed E-state index contributed by atoms with van der Waals surface area (Å²) in [5, 5.41) is 7.60. The number of aromatic nitrogens is 4. The minimum absolute atomic E-state index is 0.0903. The van der Waals surface area contributed by atoms with Gasteiger partial charge in [-0.2, -0.15) is 18.3 Å². The summed E-state index contributed by atoms with van der Waals surface area (Å²) in [5.41, 5.74) is 7.86. The molecule has 2 aliphatic heterocycles. The van der Waals surface area contributed by atoms with Crippen LogP contribution in [-0.2, 0) is 11.3 Å². The average Bonchev–Trinajstić information content (AvgIpc) is 3.53. The zero-order valence-corrected chi connectivity index (χ0v) is 21.5. The van der Waals surface area contributed by atoms with Crippen LogP contribution in [0.5, 0.6) is 11.5 Å². The molecule has 3 N–H and O–H groups in total. The first kappa shape index (κ1) is 26.7. The van der Waals surface area contributed by atoms with E-state index in [0.717, 1.165) is 32.5 Å². The fraction of sp³-hybridized carbons (Fsp3) is 0.500. The van der Waals surface area contributed by atoms with Crippen LogP contribution in [0, 0.1) is 0 Å². The first-order chi connectivity index (χ1) is 18.6. The summed E-state index contributed by atoms with van der Waals surface area (Å²) in [6.45, 7) is 1.46. The van der Waals surface area contributed by atoms with E-state index < -0.39 is 18.9 Å². The standard InChI is InChI=1S/C24H29F3N8O4/c1-33(2)14-5-7-34(8-6-14)9-10-35-22-17(21(28)29-12-30-22)18(32-35)15-3-4-16(20-19(15)38-13-39-20)31-23(36)37-11-24(25,26)27/h3-4,12,14H,5-11,13H2,1-2H3,(H,31,36)(H2,28,29,30). The maximum atomic E-state index is 12.4. The highest BCUT2D eigenvalue weighted by atomic mass is 19.4. The van der Waals surface area contributed by atoms with Gasteiger partial charge in [0.15, 0.2) is 23.8 Å². The number of amides is 1. The van der Waals surface area contributed by atoms with Crippen LogP contribution >= 0.6 is 0 Å². The van der Waals surface area contributed by atoms with E-state index in [9.17, 15) is 18.0 Å². The van der Waals surface area contributed by atoms with E-state index >= 15 is 0 Å². The molecule has 15 heteroatoms. The number of hydrogen-bond donors (Lipinski definition) is 2. The monoisotopic (exact) mass is 550 g/mol. The van der Waals surface area contributed by atoms with Gasteiger partial charge >= 0.3 is 12.3 Å². The molecule has 2 aliphatic rings. The van der Waals surface area contributed by atoms with Crippen LogP contribution in [-0.4, -0.2) is 95.0 Å². The molecular formula is C24H29F3N8O4. The lowest BCUT2D eigenvalue weighted by atomic mass is 10.0. The van der Waals surface area contributed by atoms with Gasteiger partial charge in [0.25, 0.3) is 0 Å². The fourth-order valence-corrected chi connectivity index (χ4v) is 4.85. The Morgan fingerprint density at radius 1 is 1.18 bits per heavy atom. The number of carbonyl (C=O) groups is 1. The molecule has 1 aromatic carbocycles. The average molecular weight is 551 g/mol. The number of nitrogens with zero attached hydrogens (tertiary/aromatic N) is 6. The number of nitrogen functional groups attached to an aromatic ring is 1.